The van der Waals surface area contributed by atoms with Crippen LogP contribution in [0.3, 0.4) is 0 Å². The number of hydroxylamine groups is 2. The summed E-state index contributed by atoms with van der Waals surface area (Å²) in [5.74, 6) is -0.000966. The average molecular weight is 398 g/mol. The second kappa shape index (κ2) is 7.47. The van der Waals surface area contributed by atoms with Crippen LogP contribution in [0, 0.1) is 0 Å². The van der Waals surface area contributed by atoms with Crippen LogP contribution in [-0.4, -0.2) is 36.3 Å². The normalized spacial score (nSPS) is 23.4. The molecule has 2 amide bonds. The molecule has 108 valence electrons. The zero-order chi connectivity index (χ0) is 13.7. The standard InChI is InChI=1S/C12H17INO4S/c15-10-5-6-11(16)14(10)18-12(17)4-1-7-13-9-3-2-8-19-9/h9H,1-8H2/q-1/t9-/m1/s1. The van der Waals surface area contributed by atoms with Gasteiger partial charge in [-0.1, -0.05) is 0 Å². The average Bonchev–Trinajstić information content (AvgIpc) is 3.00. The molecule has 2 heterocycles. The summed E-state index contributed by atoms with van der Waals surface area (Å²) in [6.07, 6.45) is 4.07. The van der Waals surface area contributed by atoms with E-state index < -0.39 is 17.8 Å². The van der Waals surface area contributed by atoms with Crippen molar-refractivity contribution >= 4 is 29.5 Å². The van der Waals surface area contributed by atoms with Crippen molar-refractivity contribution in [2.75, 3.05) is 10.2 Å². The number of carbonyl (C=O) groups excluding carboxylic acids is 3. The van der Waals surface area contributed by atoms with Gasteiger partial charge in [0.15, 0.2) is 0 Å². The number of carbonyl (C=O) groups is 3. The molecule has 0 spiro atoms. The quantitative estimate of drug-likeness (QED) is 0.232. The van der Waals surface area contributed by atoms with Crippen molar-refractivity contribution < 1.29 is 40.4 Å². The zero-order valence-electron chi connectivity index (χ0n) is 10.6. The van der Waals surface area contributed by atoms with E-state index in [1.807, 2.05) is 0 Å². The van der Waals surface area contributed by atoms with Crippen molar-refractivity contribution in [1.29, 1.82) is 0 Å². The molecule has 0 saturated carbocycles. The van der Waals surface area contributed by atoms with E-state index in [1.54, 1.807) is 0 Å². The van der Waals surface area contributed by atoms with Crippen LogP contribution < -0.4 is 21.2 Å². The molecule has 0 aromatic heterocycles. The fourth-order valence-electron chi connectivity index (χ4n) is 1.88. The van der Waals surface area contributed by atoms with E-state index in [1.165, 1.54) is 18.6 Å². The number of amides is 2. The first-order valence-electron chi connectivity index (χ1n) is 6.43. The summed E-state index contributed by atoms with van der Waals surface area (Å²) in [7, 11) is 0. The second-order valence-corrected chi connectivity index (χ2v) is 10.0. The van der Waals surface area contributed by atoms with Gasteiger partial charge in [0.05, 0.1) is 0 Å². The molecule has 2 rings (SSSR count). The molecule has 2 saturated heterocycles. The van der Waals surface area contributed by atoms with Crippen molar-refractivity contribution in [1.82, 2.24) is 5.06 Å². The Morgan fingerprint density at radius 3 is 2.74 bits per heavy atom. The van der Waals surface area contributed by atoms with E-state index in [0.717, 1.165) is 14.1 Å². The number of nitrogens with zero attached hydrogens (tertiary/aromatic N) is 1. The SMILES string of the molecule is O=C(CCC[I-][C@H]1CCCS1)ON1C(=O)CCC1=O. The Hall–Kier alpha value is -0.310. The monoisotopic (exact) mass is 398 g/mol. The molecule has 0 aromatic rings. The Bertz CT molecular complexity index is 355. The number of alkyl halides is 2. The minimum atomic E-state index is -0.466. The van der Waals surface area contributed by atoms with E-state index in [9.17, 15) is 14.4 Å². The van der Waals surface area contributed by atoms with Gasteiger partial charge in [0.2, 0.25) is 0 Å². The number of imide groups is 1. The Labute approximate surface area is 127 Å². The predicted molar refractivity (Wildman–Crippen MR) is 66.8 cm³/mol. The fourth-order valence-corrected chi connectivity index (χ4v) is 7.41. The molecule has 2 aliphatic heterocycles. The first kappa shape index (κ1) is 15.1. The number of halogens is 1. The maximum absolute atomic E-state index is 11.5. The van der Waals surface area contributed by atoms with Gasteiger partial charge in [0.25, 0.3) is 0 Å². The van der Waals surface area contributed by atoms with Crippen molar-refractivity contribution in [3.8, 4) is 0 Å². The van der Waals surface area contributed by atoms with Crippen LogP contribution in [0.1, 0.15) is 38.5 Å². The van der Waals surface area contributed by atoms with Gasteiger partial charge in [-0.05, 0) is 0 Å². The molecule has 0 N–H and O–H groups in total. The molecule has 2 fully saturated rings. The summed E-state index contributed by atoms with van der Waals surface area (Å²) in [5.41, 5.74) is 0. The van der Waals surface area contributed by atoms with Gasteiger partial charge in [0.1, 0.15) is 0 Å². The van der Waals surface area contributed by atoms with E-state index >= 15 is 0 Å². The molecule has 2 aliphatic rings. The van der Waals surface area contributed by atoms with Gasteiger partial charge in [-0.2, -0.15) is 0 Å². The van der Waals surface area contributed by atoms with Gasteiger partial charge >= 0.3 is 127 Å². The molecular formula is C12H17INO4S-. The number of rotatable bonds is 6. The van der Waals surface area contributed by atoms with Crippen molar-refractivity contribution in [2.45, 2.75) is 41.8 Å². The topological polar surface area (TPSA) is 63.7 Å². The Morgan fingerprint density at radius 1 is 1.37 bits per heavy atom. The van der Waals surface area contributed by atoms with Gasteiger partial charge in [-0.3, -0.25) is 0 Å². The van der Waals surface area contributed by atoms with E-state index in [4.69, 9.17) is 4.84 Å². The van der Waals surface area contributed by atoms with Crippen LogP contribution in [0.25, 0.3) is 0 Å². The summed E-state index contributed by atoms with van der Waals surface area (Å²) in [6.45, 7) is 0. The third-order valence-electron chi connectivity index (χ3n) is 2.87. The molecule has 0 aromatic carbocycles. The second-order valence-electron chi connectivity index (χ2n) is 4.42. The number of hydrogen-bond donors (Lipinski definition) is 0. The fraction of sp³-hybridized carbons (Fsp3) is 0.750. The molecule has 19 heavy (non-hydrogen) atoms. The summed E-state index contributed by atoms with van der Waals surface area (Å²) in [5, 5.41) is 0.629. The molecule has 0 aliphatic carbocycles. The Balaban J connectivity index is 1.59. The van der Waals surface area contributed by atoms with Crippen molar-refractivity contribution in [3.05, 3.63) is 0 Å². The summed E-state index contributed by atoms with van der Waals surface area (Å²) >= 11 is 2.23. The molecule has 5 nitrogen and oxygen atoms in total. The van der Waals surface area contributed by atoms with Gasteiger partial charge in [-0.15, -0.1) is 0 Å². The number of thioether (sulfide) groups is 1. The predicted octanol–water partition coefficient (Wildman–Crippen LogP) is -1.68. The van der Waals surface area contributed by atoms with Crippen LogP contribution in [-0.2, 0) is 19.2 Å². The molecular weight excluding hydrogens is 381 g/mol. The third-order valence-corrected chi connectivity index (χ3v) is 8.91. The minimum absolute atomic E-state index is 0.149. The van der Waals surface area contributed by atoms with Crippen LogP contribution in [0.15, 0.2) is 0 Å². The molecule has 0 bridgehead atoms. The van der Waals surface area contributed by atoms with Crippen molar-refractivity contribution in [2.24, 2.45) is 0 Å². The first-order valence-corrected chi connectivity index (χ1v) is 10.2. The first-order chi connectivity index (χ1) is 9.16. The van der Waals surface area contributed by atoms with E-state index in [0.29, 0.717) is 11.5 Å². The van der Waals surface area contributed by atoms with Crippen LogP contribution >= 0.6 is 11.8 Å². The van der Waals surface area contributed by atoms with Crippen LogP contribution in [0.5, 0.6) is 0 Å². The summed E-state index contributed by atoms with van der Waals surface area (Å²) in [4.78, 5) is 38.8. The molecule has 1 atom stereocenters. The summed E-state index contributed by atoms with van der Waals surface area (Å²) < 4.78 is 1.96. The maximum atomic E-state index is 11.5. The Morgan fingerprint density at radius 2 is 2.11 bits per heavy atom. The summed E-state index contributed by atoms with van der Waals surface area (Å²) in [6, 6.07) is 0. The van der Waals surface area contributed by atoms with E-state index in [-0.39, 0.29) is 34.0 Å². The van der Waals surface area contributed by atoms with Crippen LogP contribution in [0.2, 0.25) is 0 Å². The van der Waals surface area contributed by atoms with Crippen LogP contribution in [0.4, 0.5) is 0 Å². The van der Waals surface area contributed by atoms with Gasteiger partial charge in [0, 0.05) is 0 Å². The Kier molecular flexibility index (Phi) is 5.93. The third kappa shape index (κ3) is 4.62. The van der Waals surface area contributed by atoms with Gasteiger partial charge in [-0.25, -0.2) is 0 Å². The number of hydrogen-bond acceptors (Lipinski definition) is 5. The molecule has 0 radical (unpaired) electrons. The van der Waals surface area contributed by atoms with Crippen molar-refractivity contribution in [3.63, 3.8) is 0 Å². The van der Waals surface area contributed by atoms with E-state index in [2.05, 4.69) is 11.8 Å². The zero-order valence-corrected chi connectivity index (χ0v) is 13.6. The molecule has 7 heteroatoms. The molecule has 0 unspecified atom stereocenters. The van der Waals surface area contributed by atoms with Gasteiger partial charge < -0.3 is 0 Å².